The van der Waals surface area contributed by atoms with Crippen molar-refractivity contribution in [1.82, 2.24) is 4.98 Å². The molecule has 0 aliphatic carbocycles. The Balaban J connectivity index is 1.44. The zero-order valence-corrected chi connectivity index (χ0v) is 15.9. The van der Waals surface area contributed by atoms with Gasteiger partial charge in [0.1, 0.15) is 11.3 Å². The van der Waals surface area contributed by atoms with Gasteiger partial charge in [-0.2, -0.15) is 0 Å². The van der Waals surface area contributed by atoms with E-state index in [0.29, 0.717) is 18.1 Å². The summed E-state index contributed by atoms with van der Waals surface area (Å²) in [4.78, 5) is 26.3. The predicted molar refractivity (Wildman–Crippen MR) is 110 cm³/mol. The van der Waals surface area contributed by atoms with Crippen LogP contribution in [0.3, 0.4) is 0 Å². The molecular formula is C23H19NO6. The van der Waals surface area contributed by atoms with Crippen LogP contribution in [0.5, 0.6) is 5.75 Å². The Kier molecular flexibility index (Phi) is 5.34. The molecule has 2 N–H and O–H groups in total. The molecule has 0 amide bonds. The number of nitrogens with zero attached hydrogens (tertiary/aromatic N) is 1. The Bertz CT molecular complexity index is 1180. The fourth-order valence-corrected chi connectivity index (χ4v) is 3.27. The van der Waals surface area contributed by atoms with Crippen molar-refractivity contribution >= 4 is 33.8 Å². The van der Waals surface area contributed by atoms with Gasteiger partial charge in [0.05, 0.1) is 6.61 Å². The number of hydrogen-bond acceptors (Lipinski definition) is 5. The molecule has 0 saturated carbocycles. The second-order valence-electron chi connectivity index (χ2n) is 6.93. The summed E-state index contributed by atoms with van der Waals surface area (Å²) in [5, 5.41) is 19.8. The molecule has 3 aromatic carbocycles. The SMILES string of the molecule is O=C(O)C(CCCOc1ccc2cc(-c3nc4ccccc4o3)ccc2c1)C(=O)O. The number of ether oxygens (including phenoxy) is 1. The first-order valence-electron chi connectivity index (χ1n) is 9.49. The zero-order valence-electron chi connectivity index (χ0n) is 15.9. The molecule has 1 heterocycles. The molecule has 0 spiro atoms. The summed E-state index contributed by atoms with van der Waals surface area (Å²) in [6.07, 6.45) is 0.351. The highest BCUT2D eigenvalue weighted by Gasteiger charge is 2.24. The minimum atomic E-state index is -1.41. The number of carboxylic acid groups (broad SMARTS) is 2. The van der Waals surface area contributed by atoms with Crippen LogP contribution in [0.4, 0.5) is 0 Å². The lowest BCUT2D eigenvalue weighted by Crippen LogP contribution is -2.23. The van der Waals surface area contributed by atoms with Crippen LogP contribution < -0.4 is 4.74 Å². The van der Waals surface area contributed by atoms with Crippen molar-refractivity contribution in [3.05, 3.63) is 60.7 Å². The molecular weight excluding hydrogens is 386 g/mol. The van der Waals surface area contributed by atoms with E-state index >= 15 is 0 Å². The molecule has 152 valence electrons. The molecule has 0 fully saturated rings. The minimum Gasteiger partial charge on any atom is -0.494 e. The smallest absolute Gasteiger partial charge is 0.317 e. The van der Waals surface area contributed by atoms with Gasteiger partial charge in [-0.05, 0) is 60.0 Å². The molecule has 7 heteroatoms. The summed E-state index contributed by atoms with van der Waals surface area (Å²) in [5.41, 5.74) is 2.43. The lowest BCUT2D eigenvalue weighted by Gasteiger charge is -2.10. The summed E-state index contributed by atoms with van der Waals surface area (Å²) in [6, 6.07) is 19.1. The third kappa shape index (κ3) is 4.10. The van der Waals surface area contributed by atoms with Crippen LogP contribution in [0.15, 0.2) is 65.1 Å². The highest BCUT2D eigenvalue weighted by Crippen LogP contribution is 2.29. The number of fused-ring (bicyclic) bond motifs is 2. The second-order valence-corrected chi connectivity index (χ2v) is 6.93. The van der Waals surface area contributed by atoms with E-state index in [0.717, 1.165) is 27.4 Å². The van der Waals surface area contributed by atoms with Gasteiger partial charge in [-0.15, -0.1) is 0 Å². The third-order valence-corrected chi connectivity index (χ3v) is 4.85. The van der Waals surface area contributed by atoms with Crippen molar-refractivity contribution < 1.29 is 29.0 Å². The van der Waals surface area contributed by atoms with Gasteiger partial charge in [-0.25, -0.2) is 4.98 Å². The molecule has 0 aliphatic rings. The van der Waals surface area contributed by atoms with Gasteiger partial charge in [0, 0.05) is 5.56 Å². The Morgan fingerprint density at radius 3 is 2.47 bits per heavy atom. The van der Waals surface area contributed by atoms with Crippen molar-refractivity contribution in [3.8, 4) is 17.2 Å². The summed E-state index contributed by atoms with van der Waals surface area (Å²) in [7, 11) is 0. The average Bonchev–Trinajstić information content (AvgIpc) is 3.17. The number of hydrogen-bond donors (Lipinski definition) is 2. The van der Waals surface area contributed by atoms with Crippen LogP contribution in [0.1, 0.15) is 12.8 Å². The van der Waals surface area contributed by atoms with Gasteiger partial charge in [0.15, 0.2) is 11.5 Å². The normalized spacial score (nSPS) is 11.2. The number of rotatable bonds is 8. The van der Waals surface area contributed by atoms with E-state index in [4.69, 9.17) is 19.4 Å². The number of aliphatic carboxylic acids is 2. The van der Waals surface area contributed by atoms with E-state index in [-0.39, 0.29) is 13.0 Å². The topological polar surface area (TPSA) is 110 Å². The van der Waals surface area contributed by atoms with Gasteiger partial charge in [0.2, 0.25) is 5.89 Å². The fraction of sp³-hybridized carbons (Fsp3) is 0.174. The van der Waals surface area contributed by atoms with E-state index in [1.54, 1.807) is 0 Å². The molecule has 0 atom stereocenters. The van der Waals surface area contributed by atoms with Crippen molar-refractivity contribution in [3.63, 3.8) is 0 Å². The molecule has 0 radical (unpaired) electrons. The number of carboxylic acids is 2. The first-order chi connectivity index (χ1) is 14.5. The lowest BCUT2D eigenvalue weighted by molar-refractivity contribution is -0.154. The molecule has 0 bridgehead atoms. The van der Waals surface area contributed by atoms with Gasteiger partial charge < -0.3 is 19.4 Å². The van der Waals surface area contributed by atoms with E-state index in [9.17, 15) is 9.59 Å². The van der Waals surface area contributed by atoms with E-state index in [2.05, 4.69) is 4.98 Å². The Hall–Kier alpha value is -3.87. The van der Waals surface area contributed by atoms with Gasteiger partial charge >= 0.3 is 11.9 Å². The van der Waals surface area contributed by atoms with Crippen molar-refractivity contribution in [2.45, 2.75) is 12.8 Å². The molecule has 0 aliphatic heterocycles. The van der Waals surface area contributed by atoms with Crippen LogP contribution in [-0.4, -0.2) is 33.7 Å². The lowest BCUT2D eigenvalue weighted by atomic mass is 10.0. The van der Waals surface area contributed by atoms with Crippen LogP contribution >= 0.6 is 0 Å². The quantitative estimate of drug-likeness (QED) is 0.326. The van der Waals surface area contributed by atoms with Gasteiger partial charge in [-0.3, -0.25) is 9.59 Å². The van der Waals surface area contributed by atoms with Gasteiger partial charge in [-0.1, -0.05) is 24.3 Å². The van der Waals surface area contributed by atoms with Crippen LogP contribution in [0, 0.1) is 5.92 Å². The molecule has 1 aromatic heterocycles. The van der Waals surface area contributed by atoms with Crippen LogP contribution in [-0.2, 0) is 9.59 Å². The number of para-hydroxylation sites is 2. The van der Waals surface area contributed by atoms with E-state index in [1.165, 1.54) is 0 Å². The van der Waals surface area contributed by atoms with E-state index < -0.39 is 17.9 Å². The summed E-state index contributed by atoms with van der Waals surface area (Å²) < 4.78 is 11.5. The van der Waals surface area contributed by atoms with Crippen LogP contribution in [0.2, 0.25) is 0 Å². The number of aromatic nitrogens is 1. The zero-order chi connectivity index (χ0) is 21.1. The standard InChI is InChI=1S/C23H19NO6/c25-22(26)18(23(27)28)4-3-11-29-17-10-9-14-12-16(8-7-15(14)13-17)21-24-19-5-1-2-6-20(19)30-21/h1-2,5-10,12-13,18H,3-4,11H2,(H,25,26)(H,27,28). The first-order valence-corrected chi connectivity index (χ1v) is 9.49. The summed E-state index contributed by atoms with van der Waals surface area (Å²) in [5.74, 6) is -2.87. The molecule has 0 saturated heterocycles. The first kappa shape index (κ1) is 19.4. The maximum absolute atomic E-state index is 10.9. The minimum absolute atomic E-state index is 0.0199. The van der Waals surface area contributed by atoms with Crippen molar-refractivity contribution in [2.24, 2.45) is 5.92 Å². The molecule has 4 aromatic rings. The van der Waals surface area contributed by atoms with Crippen molar-refractivity contribution in [2.75, 3.05) is 6.61 Å². The van der Waals surface area contributed by atoms with Gasteiger partial charge in [0.25, 0.3) is 0 Å². The second kappa shape index (κ2) is 8.24. The van der Waals surface area contributed by atoms with Crippen LogP contribution in [0.25, 0.3) is 33.3 Å². The Morgan fingerprint density at radius 2 is 1.70 bits per heavy atom. The molecule has 0 unspecified atom stereocenters. The van der Waals surface area contributed by atoms with Crippen molar-refractivity contribution in [1.29, 1.82) is 0 Å². The largest absolute Gasteiger partial charge is 0.494 e. The average molecular weight is 405 g/mol. The molecule has 4 rings (SSSR count). The number of oxazole rings is 1. The number of benzene rings is 3. The highest BCUT2D eigenvalue weighted by molar-refractivity contribution is 5.92. The fourth-order valence-electron chi connectivity index (χ4n) is 3.27. The highest BCUT2D eigenvalue weighted by atomic mass is 16.5. The maximum Gasteiger partial charge on any atom is 0.317 e. The predicted octanol–water partition coefficient (Wildman–Crippen LogP) is 4.59. The summed E-state index contributed by atoms with van der Waals surface area (Å²) in [6.45, 7) is 0.240. The Morgan fingerprint density at radius 1 is 0.967 bits per heavy atom. The maximum atomic E-state index is 10.9. The summed E-state index contributed by atoms with van der Waals surface area (Å²) >= 11 is 0. The molecule has 30 heavy (non-hydrogen) atoms. The third-order valence-electron chi connectivity index (χ3n) is 4.85. The Labute approximate surface area is 171 Å². The molecule has 7 nitrogen and oxygen atoms in total. The van der Waals surface area contributed by atoms with E-state index in [1.807, 2.05) is 60.7 Å². The monoisotopic (exact) mass is 405 g/mol. The number of carbonyl (C=O) groups is 2.